The molecule has 2 aliphatic heterocycles. The van der Waals surface area contributed by atoms with E-state index in [0.29, 0.717) is 23.1 Å². The van der Waals surface area contributed by atoms with Gasteiger partial charge in [0, 0.05) is 45.3 Å². The van der Waals surface area contributed by atoms with Crippen molar-refractivity contribution in [3.8, 4) is 11.4 Å². The number of anilines is 1. The van der Waals surface area contributed by atoms with Crippen molar-refractivity contribution in [2.75, 3.05) is 50.7 Å². The molecule has 29 heavy (non-hydrogen) atoms. The molecule has 2 aromatic heterocycles. The molecule has 0 bridgehead atoms. The summed E-state index contributed by atoms with van der Waals surface area (Å²) in [4.78, 5) is 7.45. The summed E-state index contributed by atoms with van der Waals surface area (Å²) in [6.45, 7) is 9.92. The Morgan fingerprint density at radius 3 is 2.62 bits per heavy atom. The number of hydrogen-bond acceptors (Lipinski definition) is 6. The number of aromatic nitrogens is 4. The molecule has 1 atom stereocenters. The van der Waals surface area contributed by atoms with Gasteiger partial charge >= 0.3 is 0 Å². The number of piperazine rings is 1. The summed E-state index contributed by atoms with van der Waals surface area (Å²) >= 11 is 0. The molecule has 0 spiro atoms. The third-order valence-electron chi connectivity index (χ3n) is 6.22. The van der Waals surface area contributed by atoms with Crippen molar-refractivity contribution in [2.24, 2.45) is 0 Å². The molecule has 8 heteroatoms. The summed E-state index contributed by atoms with van der Waals surface area (Å²) in [5.41, 5.74) is 1.04. The van der Waals surface area contributed by atoms with E-state index in [4.69, 9.17) is 5.10 Å². The Kier molecular flexibility index (Phi) is 4.89. The smallest absolute Gasteiger partial charge is 0.188 e. The van der Waals surface area contributed by atoms with Crippen LogP contribution < -0.4 is 4.90 Å². The Bertz CT molecular complexity index is 996. The first-order valence-corrected chi connectivity index (χ1v) is 10.4. The minimum Gasteiger partial charge on any atom is -0.354 e. The van der Waals surface area contributed by atoms with Crippen LogP contribution in [0, 0.1) is 5.82 Å². The summed E-state index contributed by atoms with van der Waals surface area (Å²) in [6, 6.07) is 11.1. The van der Waals surface area contributed by atoms with Crippen LogP contribution in [0.15, 0.2) is 36.4 Å². The molecule has 0 saturated carbocycles. The molecule has 0 radical (unpaired) electrons. The Morgan fingerprint density at radius 2 is 1.83 bits per heavy atom. The highest BCUT2D eigenvalue weighted by Gasteiger charge is 2.30. The van der Waals surface area contributed by atoms with Crippen LogP contribution in [0.25, 0.3) is 17.0 Å². The second kappa shape index (κ2) is 7.68. The van der Waals surface area contributed by atoms with Gasteiger partial charge in [-0.2, -0.15) is 4.52 Å². The SMILES string of the molecule is CCN1CCN(C2CCN(c3ccc4nnc(-c5ccccc5F)n4n3)C2)CC1. The highest BCUT2D eigenvalue weighted by Crippen LogP contribution is 2.25. The van der Waals surface area contributed by atoms with E-state index in [9.17, 15) is 4.39 Å². The summed E-state index contributed by atoms with van der Waals surface area (Å²) in [5.74, 6) is 1.01. The monoisotopic (exact) mass is 395 g/mol. The van der Waals surface area contributed by atoms with Crippen molar-refractivity contribution >= 4 is 11.5 Å². The molecular weight excluding hydrogens is 369 g/mol. The second-order valence-electron chi connectivity index (χ2n) is 7.82. The van der Waals surface area contributed by atoms with Gasteiger partial charge in [-0.15, -0.1) is 15.3 Å². The van der Waals surface area contributed by atoms with Crippen molar-refractivity contribution in [1.82, 2.24) is 29.6 Å². The standard InChI is InChI=1S/C21H26FN7/c1-2-26-11-13-27(14-12-26)16-9-10-28(15-16)20-8-7-19-23-24-21(29(19)25-20)17-5-3-4-6-18(17)22/h3-8,16H,2,9-15H2,1H3. The van der Waals surface area contributed by atoms with E-state index in [0.717, 1.165) is 58.1 Å². The van der Waals surface area contributed by atoms with Crippen LogP contribution in [0.5, 0.6) is 0 Å². The van der Waals surface area contributed by atoms with Crippen LogP contribution in [-0.2, 0) is 0 Å². The molecule has 0 N–H and O–H groups in total. The third-order valence-corrected chi connectivity index (χ3v) is 6.22. The topological polar surface area (TPSA) is 52.8 Å². The van der Waals surface area contributed by atoms with E-state index in [2.05, 4.69) is 31.8 Å². The third kappa shape index (κ3) is 3.47. The van der Waals surface area contributed by atoms with Gasteiger partial charge in [-0.1, -0.05) is 19.1 Å². The molecule has 2 aliphatic rings. The lowest BCUT2D eigenvalue weighted by atomic mass is 10.2. The van der Waals surface area contributed by atoms with Gasteiger partial charge in [0.25, 0.3) is 0 Å². The average molecular weight is 395 g/mol. The molecule has 3 aromatic rings. The van der Waals surface area contributed by atoms with Crippen molar-refractivity contribution < 1.29 is 4.39 Å². The zero-order chi connectivity index (χ0) is 19.8. The fraction of sp³-hybridized carbons (Fsp3) is 0.476. The molecule has 7 nitrogen and oxygen atoms in total. The van der Waals surface area contributed by atoms with Crippen LogP contribution in [-0.4, -0.2) is 81.5 Å². The number of likely N-dealkylation sites (N-methyl/N-ethyl adjacent to an activating group) is 1. The van der Waals surface area contributed by atoms with Gasteiger partial charge in [-0.3, -0.25) is 4.90 Å². The predicted octanol–water partition coefficient (Wildman–Crippen LogP) is 2.15. The molecule has 152 valence electrons. The van der Waals surface area contributed by atoms with Crippen LogP contribution in [0.3, 0.4) is 0 Å². The molecule has 0 aliphatic carbocycles. The number of benzene rings is 1. The lowest BCUT2D eigenvalue weighted by molar-refractivity contribution is 0.107. The van der Waals surface area contributed by atoms with Crippen molar-refractivity contribution in [3.05, 3.63) is 42.2 Å². The van der Waals surface area contributed by atoms with Crippen LogP contribution in [0.4, 0.5) is 10.2 Å². The van der Waals surface area contributed by atoms with Gasteiger partial charge in [0.2, 0.25) is 0 Å². The van der Waals surface area contributed by atoms with E-state index >= 15 is 0 Å². The maximum absolute atomic E-state index is 14.3. The van der Waals surface area contributed by atoms with E-state index in [-0.39, 0.29) is 5.82 Å². The highest BCUT2D eigenvalue weighted by molar-refractivity contribution is 5.60. The molecule has 1 aromatic carbocycles. The summed E-state index contributed by atoms with van der Waals surface area (Å²) in [5, 5.41) is 13.1. The first-order chi connectivity index (χ1) is 14.2. The summed E-state index contributed by atoms with van der Waals surface area (Å²) in [7, 11) is 0. The quantitative estimate of drug-likeness (QED) is 0.675. The maximum atomic E-state index is 14.3. The largest absolute Gasteiger partial charge is 0.354 e. The van der Waals surface area contributed by atoms with Gasteiger partial charge in [0.05, 0.1) is 5.56 Å². The molecule has 0 amide bonds. The minimum absolute atomic E-state index is 0.318. The Hall–Kier alpha value is -2.58. The van der Waals surface area contributed by atoms with Gasteiger partial charge < -0.3 is 9.80 Å². The Balaban J connectivity index is 1.36. The molecular formula is C21H26FN7. The average Bonchev–Trinajstić information content (AvgIpc) is 3.41. The number of halogens is 1. The summed E-state index contributed by atoms with van der Waals surface area (Å²) < 4.78 is 15.9. The molecule has 2 fully saturated rings. The second-order valence-corrected chi connectivity index (χ2v) is 7.82. The first-order valence-electron chi connectivity index (χ1n) is 10.4. The summed E-state index contributed by atoms with van der Waals surface area (Å²) in [6.07, 6.45) is 1.15. The van der Waals surface area contributed by atoms with Crippen LogP contribution in [0.2, 0.25) is 0 Å². The van der Waals surface area contributed by atoms with Gasteiger partial charge in [0.1, 0.15) is 11.6 Å². The van der Waals surface area contributed by atoms with Crippen molar-refractivity contribution in [1.29, 1.82) is 0 Å². The minimum atomic E-state index is -0.318. The number of hydrogen-bond donors (Lipinski definition) is 0. The lowest BCUT2D eigenvalue weighted by Gasteiger charge is -2.37. The predicted molar refractivity (Wildman–Crippen MR) is 110 cm³/mol. The number of nitrogens with zero attached hydrogens (tertiary/aromatic N) is 7. The maximum Gasteiger partial charge on any atom is 0.188 e. The molecule has 5 rings (SSSR count). The first kappa shape index (κ1) is 18.4. The Morgan fingerprint density at radius 1 is 1.00 bits per heavy atom. The lowest BCUT2D eigenvalue weighted by Crippen LogP contribution is -2.50. The van der Waals surface area contributed by atoms with Gasteiger partial charge in [-0.05, 0) is 37.2 Å². The van der Waals surface area contributed by atoms with E-state index in [1.807, 2.05) is 12.1 Å². The number of rotatable bonds is 4. The molecule has 2 saturated heterocycles. The Labute approximate surface area is 169 Å². The normalized spacial score (nSPS) is 21.3. The van der Waals surface area contributed by atoms with Crippen LogP contribution in [0.1, 0.15) is 13.3 Å². The number of fused-ring (bicyclic) bond motifs is 1. The van der Waals surface area contributed by atoms with E-state index in [1.165, 1.54) is 6.07 Å². The molecule has 4 heterocycles. The van der Waals surface area contributed by atoms with E-state index in [1.54, 1.807) is 22.7 Å². The zero-order valence-electron chi connectivity index (χ0n) is 16.7. The van der Waals surface area contributed by atoms with Crippen molar-refractivity contribution in [2.45, 2.75) is 19.4 Å². The van der Waals surface area contributed by atoms with Crippen molar-refractivity contribution in [3.63, 3.8) is 0 Å². The van der Waals surface area contributed by atoms with E-state index < -0.39 is 0 Å². The highest BCUT2D eigenvalue weighted by atomic mass is 19.1. The molecule has 1 unspecified atom stereocenters. The fourth-order valence-electron chi connectivity index (χ4n) is 4.45. The fourth-order valence-corrected chi connectivity index (χ4v) is 4.45. The van der Waals surface area contributed by atoms with Crippen LogP contribution >= 0.6 is 0 Å². The zero-order valence-corrected chi connectivity index (χ0v) is 16.7. The van der Waals surface area contributed by atoms with Gasteiger partial charge in [-0.25, -0.2) is 4.39 Å². The van der Waals surface area contributed by atoms with Gasteiger partial charge in [0.15, 0.2) is 11.5 Å².